The molecule has 6 nitrogen and oxygen atoms in total. The molecule has 0 aliphatic carbocycles. The second-order valence-electron chi connectivity index (χ2n) is 3.83. The van der Waals surface area contributed by atoms with Gasteiger partial charge in [-0.05, 0) is 0 Å². The number of esters is 1. The van der Waals surface area contributed by atoms with Crippen LogP contribution in [0, 0.1) is 0 Å². The Hall–Kier alpha value is -1.85. The van der Waals surface area contributed by atoms with Gasteiger partial charge in [0.05, 0.1) is 7.11 Å². The predicted molar refractivity (Wildman–Crippen MR) is 66.2 cm³/mol. The summed E-state index contributed by atoms with van der Waals surface area (Å²) in [5.74, 6) is 1.95. The van der Waals surface area contributed by atoms with E-state index in [1.54, 1.807) is 13.1 Å². The third-order valence-electron chi connectivity index (χ3n) is 2.16. The number of methoxy groups -OCH3 is 1. The summed E-state index contributed by atoms with van der Waals surface area (Å²) in [6.07, 6.45) is 0. The third kappa shape index (κ3) is 3.90. The van der Waals surface area contributed by atoms with Gasteiger partial charge >= 0.3 is 5.97 Å². The normalized spacial score (nSPS) is 10.2. The molecule has 1 aromatic rings. The second-order valence-corrected chi connectivity index (χ2v) is 3.83. The van der Waals surface area contributed by atoms with E-state index in [1.165, 1.54) is 7.11 Å². The summed E-state index contributed by atoms with van der Waals surface area (Å²) in [4.78, 5) is 19.7. The molecule has 0 saturated carbocycles. The minimum absolute atomic E-state index is 0.0915. The molecule has 0 aromatic carbocycles. The van der Waals surface area contributed by atoms with Crippen LogP contribution in [0.3, 0.4) is 0 Å². The van der Waals surface area contributed by atoms with Gasteiger partial charge in [0.2, 0.25) is 0 Å². The fourth-order valence-corrected chi connectivity index (χ4v) is 1.18. The Morgan fingerprint density at radius 2 is 2.06 bits per heavy atom. The lowest BCUT2D eigenvalue weighted by molar-refractivity contribution is -0.138. The molecule has 0 aliphatic heterocycles. The van der Waals surface area contributed by atoms with E-state index in [0.717, 1.165) is 11.6 Å². The SMILES string of the molecule is CNc1cc(NCC(=O)OC)nc(C(C)C)n1. The van der Waals surface area contributed by atoms with E-state index in [2.05, 4.69) is 25.3 Å². The zero-order chi connectivity index (χ0) is 12.8. The molecule has 1 aromatic heterocycles. The van der Waals surface area contributed by atoms with Crippen molar-refractivity contribution in [2.24, 2.45) is 0 Å². The van der Waals surface area contributed by atoms with Crippen molar-refractivity contribution < 1.29 is 9.53 Å². The highest BCUT2D eigenvalue weighted by atomic mass is 16.5. The van der Waals surface area contributed by atoms with Crippen molar-refractivity contribution in [2.75, 3.05) is 31.3 Å². The predicted octanol–water partition coefficient (Wildman–Crippen LogP) is 1.23. The van der Waals surface area contributed by atoms with Crippen molar-refractivity contribution in [3.63, 3.8) is 0 Å². The van der Waals surface area contributed by atoms with Gasteiger partial charge in [-0.25, -0.2) is 9.97 Å². The molecule has 2 N–H and O–H groups in total. The minimum atomic E-state index is -0.333. The first-order valence-electron chi connectivity index (χ1n) is 5.44. The standard InChI is InChI=1S/C11H18N4O2/c1-7(2)11-14-8(12-3)5-9(15-11)13-6-10(16)17-4/h5,7H,6H2,1-4H3,(H2,12,13,14,15). The molecule has 1 rings (SSSR count). The zero-order valence-electron chi connectivity index (χ0n) is 10.6. The Bertz CT molecular complexity index is 393. The second kappa shape index (κ2) is 6.03. The molecule has 0 aliphatic rings. The fourth-order valence-electron chi connectivity index (χ4n) is 1.18. The van der Waals surface area contributed by atoms with E-state index in [0.29, 0.717) is 5.82 Å². The molecule has 1 heterocycles. The van der Waals surface area contributed by atoms with Gasteiger partial charge in [-0.3, -0.25) is 4.79 Å². The van der Waals surface area contributed by atoms with Crippen LogP contribution in [-0.2, 0) is 9.53 Å². The summed E-state index contributed by atoms with van der Waals surface area (Å²) >= 11 is 0. The molecule has 0 radical (unpaired) electrons. The molecule has 0 saturated heterocycles. The summed E-state index contributed by atoms with van der Waals surface area (Å²) < 4.78 is 4.55. The smallest absolute Gasteiger partial charge is 0.325 e. The van der Waals surface area contributed by atoms with Gasteiger partial charge in [-0.2, -0.15) is 0 Å². The molecule has 17 heavy (non-hydrogen) atoms. The molecule has 0 unspecified atom stereocenters. The first kappa shape index (κ1) is 13.2. The van der Waals surface area contributed by atoms with E-state index in [9.17, 15) is 4.79 Å². The van der Waals surface area contributed by atoms with E-state index >= 15 is 0 Å². The summed E-state index contributed by atoms with van der Waals surface area (Å²) in [5.41, 5.74) is 0. The maximum absolute atomic E-state index is 11.0. The van der Waals surface area contributed by atoms with Crippen LogP contribution in [0.4, 0.5) is 11.6 Å². The van der Waals surface area contributed by atoms with E-state index in [1.807, 2.05) is 13.8 Å². The Labute approximate surface area is 101 Å². The van der Waals surface area contributed by atoms with Gasteiger partial charge in [-0.1, -0.05) is 13.8 Å². The Kier molecular flexibility index (Phi) is 4.68. The van der Waals surface area contributed by atoms with Crippen LogP contribution in [0.25, 0.3) is 0 Å². The van der Waals surface area contributed by atoms with Gasteiger partial charge in [0.15, 0.2) is 0 Å². The average molecular weight is 238 g/mol. The monoisotopic (exact) mass is 238 g/mol. The van der Waals surface area contributed by atoms with Crippen LogP contribution in [0.15, 0.2) is 6.07 Å². The number of nitrogens with zero attached hydrogens (tertiary/aromatic N) is 2. The average Bonchev–Trinajstić information content (AvgIpc) is 2.35. The van der Waals surface area contributed by atoms with Crippen LogP contribution >= 0.6 is 0 Å². The lowest BCUT2D eigenvalue weighted by atomic mass is 10.2. The van der Waals surface area contributed by atoms with Crippen molar-refractivity contribution in [1.29, 1.82) is 0 Å². The lowest BCUT2D eigenvalue weighted by Crippen LogP contribution is -2.16. The first-order valence-corrected chi connectivity index (χ1v) is 5.44. The molecule has 0 atom stereocenters. The van der Waals surface area contributed by atoms with Crippen LogP contribution in [-0.4, -0.2) is 36.6 Å². The van der Waals surface area contributed by atoms with Gasteiger partial charge in [0.25, 0.3) is 0 Å². The number of ether oxygens (including phenoxy) is 1. The van der Waals surface area contributed by atoms with E-state index < -0.39 is 0 Å². The number of carbonyl (C=O) groups excluding carboxylic acids is 1. The number of aromatic nitrogens is 2. The number of anilines is 2. The van der Waals surface area contributed by atoms with Gasteiger partial charge < -0.3 is 15.4 Å². The highest BCUT2D eigenvalue weighted by molar-refractivity contribution is 5.74. The van der Waals surface area contributed by atoms with Crippen LogP contribution in [0.2, 0.25) is 0 Å². The minimum Gasteiger partial charge on any atom is -0.468 e. The maximum atomic E-state index is 11.0. The quantitative estimate of drug-likeness (QED) is 0.751. The third-order valence-corrected chi connectivity index (χ3v) is 2.16. The zero-order valence-corrected chi connectivity index (χ0v) is 10.6. The Balaban J connectivity index is 2.83. The molecule has 6 heteroatoms. The number of hydrogen-bond donors (Lipinski definition) is 2. The van der Waals surface area contributed by atoms with Gasteiger partial charge in [-0.15, -0.1) is 0 Å². The molecule has 0 bridgehead atoms. The molecular formula is C11H18N4O2. The fraction of sp³-hybridized carbons (Fsp3) is 0.545. The Morgan fingerprint density at radius 3 is 2.59 bits per heavy atom. The molecular weight excluding hydrogens is 220 g/mol. The largest absolute Gasteiger partial charge is 0.468 e. The van der Waals surface area contributed by atoms with Crippen LogP contribution in [0.1, 0.15) is 25.6 Å². The molecule has 0 spiro atoms. The molecule has 0 fully saturated rings. The van der Waals surface area contributed by atoms with E-state index in [-0.39, 0.29) is 18.4 Å². The van der Waals surface area contributed by atoms with Crippen LogP contribution in [0.5, 0.6) is 0 Å². The summed E-state index contributed by atoms with van der Waals surface area (Å²) in [6.45, 7) is 4.12. The molecule has 0 amide bonds. The van der Waals surface area contributed by atoms with Crippen molar-refractivity contribution in [3.8, 4) is 0 Å². The first-order chi connectivity index (χ1) is 8.06. The number of hydrogen-bond acceptors (Lipinski definition) is 6. The maximum Gasteiger partial charge on any atom is 0.325 e. The van der Waals surface area contributed by atoms with Crippen molar-refractivity contribution in [2.45, 2.75) is 19.8 Å². The summed E-state index contributed by atoms with van der Waals surface area (Å²) in [7, 11) is 3.14. The molecule has 94 valence electrons. The summed E-state index contributed by atoms with van der Waals surface area (Å²) in [5, 5.41) is 5.86. The lowest BCUT2D eigenvalue weighted by Gasteiger charge is -2.10. The summed E-state index contributed by atoms with van der Waals surface area (Å²) in [6, 6.07) is 1.74. The topological polar surface area (TPSA) is 76.1 Å². The van der Waals surface area contributed by atoms with Gasteiger partial charge in [0.1, 0.15) is 24.0 Å². The van der Waals surface area contributed by atoms with Crippen molar-refractivity contribution in [1.82, 2.24) is 9.97 Å². The highest BCUT2D eigenvalue weighted by Gasteiger charge is 2.08. The number of carbonyl (C=O) groups is 1. The van der Waals surface area contributed by atoms with Gasteiger partial charge in [0, 0.05) is 19.0 Å². The highest BCUT2D eigenvalue weighted by Crippen LogP contribution is 2.16. The number of nitrogens with one attached hydrogen (secondary N) is 2. The van der Waals surface area contributed by atoms with Crippen molar-refractivity contribution in [3.05, 3.63) is 11.9 Å². The van der Waals surface area contributed by atoms with Crippen LogP contribution < -0.4 is 10.6 Å². The van der Waals surface area contributed by atoms with E-state index in [4.69, 9.17) is 0 Å². The van der Waals surface area contributed by atoms with Crippen molar-refractivity contribution >= 4 is 17.6 Å². The Morgan fingerprint density at radius 1 is 1.41 bits per heavy atom. The number of rotatable bonds is 5.